The number of aromatic nitrogens is 3. The maximum Gasteiger partial charge on any atom is 0.234 e. The Balaban J connectivity index is 1.71. The zero-order valence-corrected chi connectivity index (χ0v) is 14.5. The number of nitrogens with zero attached hydrogens (tertiary/aromatic N) is 3. The first-order valence-corrected chi connectivity index (χ1v) is 8.84. The Kier molecular flexibility index (Phi) is 5.45. The molecule has 1 N–H and O–H groups in total. The molecule has 25 heavy (non-hydrogen) atoms. The van der Waals surface area contributed by atoms with Crippen molar-refractivity contribution in [3.05, 3.63) is 66.2 Å². The number of halogens is 1. The first-order valence-electron chi connectivity index (χ1n) is 7.85. The van der Waals surface area contributed by atoms with Crippen LogP contribution in [0, 0.1) is 5.82 Å². The lowest BCUT2D eigenvalue weighted by Gasteiger charge is -2.09. The monoisotopic (exact) mass is 356 g/mol. The summed E-state index contributed by atoms with van der Waals surface area (Å²) in [7, 11) is 0. The standard InChI is InChI=1S/C18H17FN4OS/c1-2-16-21-22-18(23(16)15-9-4-3-5-10-15)25-12-17(24)20-14-8-6-7-13(19)11-14/h3-11H,2,12H2,1H3,(H,20,24). The van der Waals surface area contributed by atoms with Crippen LogP contribution in [0.3, 0.4) is 0 Å². The minimum Gasteiger partial charge on any atom is -0.325 e. The van der Waals surface area contributed by atoms with Crippen molar-refractivity contribution in [2.45, 2.75) is 18.5 Å². The Morgan fingerprint density at radius 2 is 1.96 bits per heavy atom. The number of amides is 1. The van der Waals surface area contributed by atoms with Crippen LogP contribution >= 0.6 is 11.8 Å². The number of carbonyl (C=O) groups is 1. The summed E-state index contributed by atoms with van der Waals surface area (Å²) < 4.78 is 15.1. The molecule has 0 radical (unpaired) electrons. The van der Waals surface area contributed by atoms with Gasteiger partial charge in [-0.1, -0.05) is 43.0 Å². The van der Waals surface area contributed by atoms with Crippen LogP contribution in [0.4, 0.5) is 10.1 Å². The Labute approximate surface area is 149 Å². The summed E-state index contributed by atoms with van der Waals surface area (Å²) in [6, 6.07) is 15.6. The van der Waals surface area contributed by atoms with E-state index in [4.69, 9.17) is 0 Å². The van der Waals surface area contributed by atoms with Crippen LogP contribution in [0.15, 0.2) is 59.8 Å². The van der Waals surface area contributed by atoms with E-state index in [1.54, 1.807) is 12.1 Å². The number of aryl methyl sites for hydroxylation is 1. The number of nitrogens with one attached hydrogen (secondary N) is 1. The van der Waals surface area contributed by atoms with Crippen LogP contribution in [0.2, 0.25) is 0 Å². The number of thioether (sulfide) groups is 1. The fraction of sp³-hybridized carbons (Fsp3) is 0.167. The maximum atomic E-state index is 13.2. The Morgan fingerprint density at radius 3 is 2.68 bits per heavy atom. The minimum atomic E-state index is -0.387. The molecule has 1 aromatic heterocycles. The van der Waals surface area contributed by atoms with E-state index in [9.17, 15) is 9.18 Å². The van der Waals surface area contributed by atoms with E-state index >= 15 is 0 Å². The highest BCUT2D eigenvalue weighted by molar-refractivity contribution is 7.99. The van der Waals surface area contributed by atoms with Crippen molar-refractivity contribution in [3.8, 4) is 5.69 Å². The summed E-state index contributed by atoms with van der Waals surface area (Å²) in [6.45, 7) is 2.01. The third-order valence-electron chi connectivity index (χ3n) is 3.47. The third-order valence-corrected chi connectivity index (χ3v) is 4.40. The van der Waals surface area contributed by atoms with Crippen molar-refractivity contribution in [2.75, 3.05) is 11.1 Å². The fourth-order valence-corrected chi connectivity index (χ4v) is 3.12. The van der Waals surface area contributed by atoms with E-state index in [0.717, 1.165) is 17.9 Å². The molecule has 0 aliphatic heterocycles. The lowest BCUT2D eigenvalue weighted by molar-refractivity contribution is -0.113. The van der Waals surface area contributed by atoms with Crippen molar-refractivity contribution < 1.29 is 9.18 Å². The van der Waals surface area contributed by atoms with Crippen LogP contribution < -0.4 is 5.32 Å². The van der Waals surface area contributed by atoms with Crippen molar-refractivity contribution >= 4 is 23.4 Å². The van der Waals surface area contributed by atoms with Crippen molar-refractivity contribution in [1.29, 1.82) is 0 Å². The largest absolute Gasteiger partial charge is 0.325 e. The van der Waals surface area contributed by atoms with E-state index in [-0.39, 0.29) is 17.5 Å². The summed E-state index contributed by atoms with van der Waals surface area (Å²) in [5.41, 5.74) is 1.39. The highest BCUT2D eigenvalue weighted by atomic mass is 32.2. The third kappa shape index (κ3) is 4.24. The lowest BCUT2D eigenvalue weighted by Crippen LogP contribution is -2.14. The molecule has 0 aliphatic rings. The molecule has 0 atom stereocenters. The molecule has 2 aromatic carbocycles. The average molecular weight is 356 g/mol. The van der Waals surface area contributed by atoms with Gasteiger partial charge in [-0.3, -0.25) is 9.36 Å². The van der Waals surface area contributed by atoms with Gasteiger partial charge in [-0.05, 0) is 30.3 Å². The quantitative estimate of drug-likeness (QED) is 0.684. The van der Waals surface area contributed by atoms with Gasteiger partial charge in [-0.15, -0.1) is 10.2 Å². The topological polar surface area (TPSA) is 59.8 Å². The van der Waals surface area contributed by atoms with E-state index in [2.05, 4.69) is 15.5 Å². The molecule has 7 heteroatoms. The molecule has 0 spiro atoms. The van der Waals surface area contributed by atoms with Crippen molar-refractivity contribution in [3.63, 3.8) is 0 Å². The van der Waals surface area contributed by atoms with E-state index in [1.165, 1.54) is 23.9 Å². The van der Waals surface area contributed by atoms with Crippen LogP contribution in [0.1, 0.15) is 12.7 Å². The highest BCUT2D eigenvalue weighted by Crippen LogP contribution is 2.22. The average Bonchev–Trinajstić information content (AvgIpc) is 3.04. The van der Waals surface area contributed by atoms with Gasteiger partial charge in [0.1, 0.15) is 11.6 Å². The van der Waals surface area contributed by atoms with Gasteiger partial charge in [-0.2, -0.15) is 0 Å². The zero-order chi connectivity index (χ0) is 17.6. The lowest BCUT2D eigenvalue weighted by atomic mass is 10.3. The number of benzene rings is 2. The first kappa shape index (κ1) is 17.2. The molecule has 3 aromatic rings. The van der Waals surface area contributed by atoms with Crippen LogP contribution in [0.5, 0.6) is 0 Å². The molecule has 1 amide bonds. The molecule has 0 saturated heterocycles. The molecular weight excluding hydrogens is 339 g/mol. The molecule has 5 nitrogen and oxygen atoms in total. The minimum absolute atomic E-state index is 0.158. The first-order chi connectivity index (χ1) is 12.2. The van der Waals surface area contributed by atoms with Gasteiger partial charge in [0.05, 0.1) is 5.75 Å². The van der Waals surface area contributed by atoms with E-state index in [0.29, 0.717) is 10.8 Å². The van der Waals surface area contributed by atoms with Crippen molar-refractivity contribution in [1.82, 2.24) is 14.8 Å². The van der Waals surface area contributed by atoms with Crippen LogP contribution in [-0.4, -0.2) is 26.4 Å². The van der Waals surface area contributed by atoms with Gasteiger partial charge in [0.25, 0.3) is 0 Å². The summed E-state index contributed by atoms with van der Waals surface area (Å²) in [4.78, 5) is 12.1. The molecule has 3 rings (SSSR count). The number of rotatable bonds is 6. The van der Waals surface area contributed by atoms with Gasteiger partial charge in [0, 0.05) is 17.8 Å². The smallest absolute Gasteiger partial charge is 0.234 e. The normalized spacial score (nSPS) is 10.6. The van der Waals surface area contributed by atoms with Gasteiger partial charge in [0.15, 0.2) is 5.16 Å². The predicted molar refractivity (Wildman–Crippen MR) is 96.5 cm³/mol. The fourth-order valence-electron chi connectivity index (χ4n) is 2.35. The Hall–Kier alpha value is -2.67. The number of anilines is 1. The number of hydrogen-bond donors (Lipinski definition) is 1. The molecule has 1 heterocycles. The maximum absolute atomic E-state index is 13.2. The second kappa shape index (κ2) is 7.94. The zero-order valence-electron chi connectivity index (χ0n) is 13.6. The van der Waals surface area contributed by atoms with E-state index in [1.807, 2.05) is 41.8 Å². The Morgan fingerprint density at radius 1 is 1.16 bits per heavy atom. The van der Waals surface area contributed by atoms with Crippen molar-refractivity contribution in [2.24, 2.45) is 0 Å². The second-order valence-electron chi connectivity index (χ2n) is 5.27. The SMILES string of the molecule is CCc1nnc(SCC(=O)Nc2cccc(F)c2)n1-c1ccccc1. The molecule has 0 fully saturated rings. The molecular formula is C18H17FN4OS. The Bertz CT molecular complexity index is 867. The number of para-hydroxylation sites is 1. The number of hydrogen-bond acceptors (Lipinski definition) is 4. The second-order valence-corrected chi connectivity index (χ2v) is 6.21. The van der Waals surface area contributed by atoms with Gasteiger partial charge in [0.2, 0.25) is 5.91 Å². The highest BCUT2D eigenvalue weighted by Gasteiger charge is 2.14. The van der Waals surface area contributed by atoms with Crippen LogP contribution in [0.25, 0.3) is 5.69 Å². The van der Waals surface area contributed by atoms with Crippen LogP contribution in [-0.2, 0) is 11.2 Å². The predicted octanol–water partition coefficient (Wildman–Crippen LogP) is 3.70. The van der Waals surface area contributed by atoms with Gasteiger partial charge in [-0.25, -0.2) is 4.39 Å². The molecule has 0 aliphatic carbocycles. The number of carbonyl (C=O) groups excluding carboxylic acids is 1. The van der Waals surface area contributed by atoms with E-state index < -0.39 is 0 Å². The van der Waals surface area contributed by atoms with Gasteiger partial charge < -0.3 is 5.32 Å². The summed E-state index contributed by atoms with van der Waals surface area (Å²) in [5, 5.41) is 11.7. The summed E-state index contributed by atoms with van der Waals surface area (Å²) >= 11 is 1.29. The summed E-state index contributed by atoms with van der Waals surface area (Å²) in [6.07, 6.45) is 0.734. The molecule has 0 bridgehead atoms. The molecule has 128 valence electrons. The summed E-state index contributed by atoms with van der Waals surface area (Å²) in [5.74, 6) is 0.378. The van der Waals surface area contributed by atoms with Gasteiger partial charge >= 0.3 is 0 Å². The molecule has 0 saturated carbocycles. The molecule has 0 unspecified atom stereocenters.